The Labute approximate surface area is 120 Å². The fourth-order valence-electron chi connectivity index (χ4n) is 2.40. The van der Waals surface area contributed by atoms with Gasteiger partial charge in [-0.2, -0.15) is 0 Å². The Morgan fingerprint density at radius 3 is 2.29 bits per heavy atom. The second-order valence-corrected chi connectivity index (χ2v) is 5.05. The highest BCUT2D eigenvalue weighted by Crippen LogP contribution is 2.34. The van der Waals surface area contributed by atoms with E-state index in [1.54, 1.807) is 0 Å². The van der Waals surface area contributed by atoms with Crippen molar-refractivity contribution in [2.24, 2.45) is 0 Å². The molecule has 0 aliphatic heterocycles. The summed E-state index contributed by atoms with van der Waals surface area (Å²) in [6.45, 7) is 1.37. The molecule has 2 nitrogen and oxygen atoms in total. The average molecular weight is 296 g/mol. The maximum atomic E-state index is 14.0. The van der Waals surface area contributed by atoms with E-state index < -0.39 is 23.1 Å². The molecule has 112 valence electrons. The summed E-state index contributed by atoms with van der Waals surface area (Å²) in [6.07, 6.45) is -0.154. The monoisotopic (exact) mass is 296 g/mol. The molecule has 0 spiro atoms. The predicted octanol–water partition coefficient (Wildman–Crippen LogP) is 3.56. The number of hydrogen-bond acceptors (Lipinski definition) is 2. The van der Waals surface area contributed by atoms with Crippen LogP contribution in [0.5, 0.6) is 5.75 Å². The number of rotatable bonds is 4. The first-order chi connectivity index (χ1) is 9.83. The van der Waals surface area contributed by atoms with E-state index in [9.17, 15) is 18.3 Å². The molecule has 5 heteroatoms. The molecule has 1 N–H and O–H groups in total. The first-order valence-electron chi connectivity index (χ1n) is 6.34. The van der Waals surface area contributed by atoms with Gasteiger partial charge in [-0.05, 0) is 36.8 Å². The zero-order valence-electron chi connectivity index (χ0n) is 11.7. The number of ether oxygens (including phenoxy) is 1. The molecule has 0 saturated carbocycles. The van der Waals surface area contributed by atoms with Crippen molar-refractivity contribution in [3.05, 3.63) is 65.0 Å². The van der Waals surface area contributed by atoms with E-state index >= 15 is 0 Å². The number of aliphatic hydroxyl groups is 1. The van der Waals surface area contributed by atoms with Crippen LogP contribution in [0.15, 0.2) is 36.4 Å². The Hall–Kier alpha value is -2.01. The normalized spacial score (nSPS) is 13.8. The molecule has 0 aliphatic rings. The van der Waals surface area contributed by atoms with Gasteiger partial charge in [-0.15, -0.1) is 0 Å². The minimum absolute atomic E-state index is 0.0443. The summed E-state index contributed by atoms with van der Waals surface area (Å²) in [4.78, 5) is 0. The summed E-state index contributed by atoms with van der Waals surface area (Å²) in [7, 11) is 1.36. The molecule has 0 aromatic heterocycles. The third-order valence-electron chi connectivity index (χ3n) is 3.20. The molecule has 0 saturated heterocycles. The van der Waals surface area contributed by atoms with Gasteiger partial charge in [0.2, 0.25) is 0 Å². The largest absolute Gasteiger partial charge is 0.496 e. The van der Waals surface area contributed by atoms with Gasteiger partial charge >= 0.3 is 0 Å². The van der Waals surface area contributed by atoms with Crippen molar-refractivity contribution in [1.82, 2.24) is 0 Å². The van der Waals surface area contributed by atoms with E-state index in [0.29, 0.717) is 0 Å². The minimum atomic E-state index is -1.67. The van der Waals surface area contributed by atoms with Crippen molar-refractivity contribution in [3.63, 3.8) is 0 Å². The maximum absolute atomic E-state index is 14.0. The Kier molecular flexibility index (Phi) is 4.23. The summed E-state index contributed by atoms with van der Waals surface area (Å²) in [5, 5.41) is 10.5. The molecule has 1 unspecified atom stereocenters. The van der Waals surface area contributed by atoms with Crippen LogP contribution in [0.4, 0.5) is 13.2 Å². The highest BCUT2D eigenvalue weighted by molar-refractivity contribution is 5.40. The van der Waals surface area contributed by atoms with Gasteiger partial charge in [0.25, 0.3) is 0 Å². The molecule has 0 radical (unpaired) electrons. The van der Waals surface area contributed by atoms with Crippen molar-refractivity contribution in [2.75, 3.05) is 7.11 Å². The average Bonchev–Trinajstić information content (AvgIpc) is 2.35. The number of benzene rings is 2. The Morgan fingerprint density at radius 2 is 1.71 bits per heavy atom. The van der Waals surface area contributed by atoms with Crippen LogP contribution in [-0.4, -0.2) is 12.2 Å². The lowest BCUT2D eigenvalue weighted by Gasteiger charge is -2.26. The fourth-order valence-corrected chi connectivity index (χ4v) is 2.40. The van der Waals surface area contributed by atoms with Gasteiger partial charge in [0.15, 0.2) is 0 Å². The summed E-state index contributed by atoms with van der Waals surface area (Å²) >= 11 is 0. The molecule has 2 rings (SSSR count). The Balaban J connectivity index is 2.42. The molecule has 0 heterocycles. The number of methoxy groups -OCH3 is 1. The molecule has 0 aliphatic carbocycles. The zero-order valence-corrected chi connectivity index (χ0v) is 11.7. The highest BCUT2D eigenvalue weighted by Gasteiger charge is 2.31. The van der Waals surface area contributed by atoms with Crippen molar-refractivity contribution in [3.8, 4) is 5.75 Å². The Morgan fingerprint density at radius 1 is 1.10 bits per heavy atom. The summed E-state index contributed by atoms with van der Waals surface area (Å²) in [6, 6.07) is 7.10. The molecule has 0 fully saturated rings. The van der Waals surface area contributed by atoms with Crippen molar-refractivity contribution < 1.29 is 23.0 Å². The van der Waals surface area contributed by atoms with Crippen LogP contribution < -0.4 is 4.74 Å². The van der Waals surface area contributed by atoms with Crippen LogP contribution in [0.3, 0.4) is 0 Å². The van der Waals surface area contributed by atoms with Crippen LogP contribution in [-0.2, 0) is 12.0 Å². The smallest absolute Gasteiger partial charge is 0.133 e. The highest BCUT2D eigenvalue weighted by atomic mass is 19.1. The molecule has 0 bridgehead atoms. The Bertz CT molecular complexity index is 634. The van der Waals surface area contributed by atoms with Crippen LogP contribution in [0.2, 0.25) is 0 Å². The predicted molar refractivity (Wildman–Crippen MR) is 72.6 cm³/mol. The van der Waals surface area contributed by atoms with Gasteiger partial charge in [0, 0.05) is 12.5 Å². The SMILES string of the molecule is COc1cccc(F)c1C(C)(O)Cc1cc(F)cc(F)c1. The standard InChI is InChI=1S/C16H15F3O2/c1-16(20,9-10-6-11(17)8-12(18)7-10)15-13(19)4-3-5-14(15)21-2/h3-8,20H,9H2,1-2H3. The molecule has 2 aromatic rings. The molecule has 2 aromatic carbocycles. The quantitative estimate of drug-likeness (QED) is 0.934. The van der Waals surface area contributed by atoms with Gasteiger partial charge in [0.1, 0.15) is 23.2 Å². The zero-order chi connectivity index (χ0) is 15.6. The summed E-state index contributed by atoms with van der Waals surface area (Å²) < 4.78 is 45.5. The van der Waals surface area contributed by atoms with Gasteiger partial charge in [0.05, 0.1) is 18.3 Å². The van der Waals surface area contributed by atoms with Gasteiger partial charge in [-0.25, -0.2) is 13.2 Å². The second kappa shape index (κ2) is 5.77. The summed E-state index contributed by atoms with van der Waals surface area (Å²) in [5.74, 6) is -1.96. The van der Waals surface area contributed by atoms with Gasteiger partial charge in [-0.3, -0.25) is 0 Å². The first kappa shape index (κ1) is 15.4. The fraction of sp³-hybridized carbons (Fsp3) is 0.250. The molecule has 0 amide bonds. The van der Waals surface area contributed by atoms with Crippen molar-refractivity contribution in [1.29, 1.82) is 0 Å². The lowest BCUT2D eigenvalue weighted by Crippen LogP contribution is -2.26. The molecular formula is C16H15F3O2. The number of halogens is 3. The van der Waals surface area contributed by atoms with Gasteiger partial charge < -0.3 is 9.84 Å². The molecule has 21 heavy (non-hydrogen) atoms. The van der Waals surface area contributed by atoms with E-state index in [0.717, 1.165) is 18.2 Å². The van der Waals surface area contributed by atoms with Crippen molar-refractivity contribution >= 4 is 0 Å². The third kappa shape index (κ3) is 3.36. The maximum Gasteiger partial charge on any atom is 0.133 e. The lowest BCUT2D eigenvalue weighted by molar-refractivity contribution is 0.0509. The summed E-state index contributed by atoms with van der Waals surface area (Å²) in [5.41, 5.74) is -1.49. The number of hydrogen-bond donors (Lipinski definition) is 1. The van der Waals surface area contributed by atoms with Gasteiger partial charge in [-0.1, -0.05) is 6.07 Å². The third-order valence-corrected chi connectivity index (χ3v) is 3.20. The van der Waals surface area contributed by atoms with Crippen LogP contribution in [0, 0.1) is 17.5 Å². The van der Waals surface area contributed by atoms with Crippen LogP contribution in [0.25, 0.3) is 0 Å². The van der Waals surface area contributed by atoms with E-state index in [4.69, 9.17) is 4.74 Å². The topological polar surface area (TPSA) is 29.5 Å². The van der Waals surface area contributed by atoms with E-state index in [1.807, 2.05) is 0 Å². The first-order valence-corrected chi connectivity index (χ1v) is 6.34. The lowest BCUT2D eigenvalue weighted by atomic mass is 9.88. The second-order valence-electron chi connectivity index (χ2n) is 5.05. The minimum Gasteiger partial charge on any atom is -0.496 e. The van der Waals surface area contributed by atoms with E-state index in [2.05, 4.69) is 0 Å². The van der Waals surface area contributed by atoms with E-state index in [-0.39, 0.29) is 23.3 Å². The van der Waals surface area contributed by atoms with E-state index in [1.165, 1.54) is 32.2 Å². The van der Waals surface area contributed by atoms with Crippen molar-refractivity contribution in [2.45, 2.75) is 18.9 Å². The molecular weight excluding hydrogens is 281 g/mol. The van der Waals surface area contributed by atoms with Crippen LogP contribution in [0.1, 0.15) is 18.1 Å². The molecule has 1 atom stereocenters. The van der Waals surface area contributed by atoms with Crippen LogP contribution >= 0.6 is 0 Å².